The first kappa shape index (κ1) is 12.3. The van der Waals surface area contributed by atoms with Crippen molar-refractivity contribution >= 4 is 5.71 Å². The molecule has 1 nitrogen and oxygen atoms in total. The molecule has 1 unspecified atom stereocenters. The Bertz CT molecular complexity index is 425. The Balaban J connectivity index is 2.17. The highest BCUT2D eigenvalue weighted by molar-refractivity contribution is 6.03. The van der Waals surface area contributed by atoms with Crippen LogP contribution in [-0.2, 0) is 0 Å². The molecule has 0 aromatic rings. The fourth-order valence-corrected chi connectivity index (χ4v) is 2.34. The van der Waals surface area contributed by atoms with Crippen molar-refractivity contribution < 1.29 is 0 Å². The summed E-state index contributed by atoms with van der Waals surface area (Å²) in [7, 11) is 0. The minimum Gasteiger partial charge on any atom is -0.257 e. The Hall–Kier alpha value is -1.11. The summed E-state index contributed by atoms with van der Waals surface area (Å²) in [5.41, 5.74) is 4.26. The van der Waals surface area contributed by atoms with Gasteiger partial charge in [0.15, 0.2) is 0 Å². The average molecular weight is 229 g/mol. The monoisotopic (exact) mass is 229 g/mol. The normalized spacial score (nSPS) is 23.4. The summed E-state index contributed by atoms with van der Waals surface area (Å²) in [6, 6.07) is 0. The lowest BCUT2D eigenvalue weighted by atomic mass is 9.84. The van der Waals surface area contributed by atoms with E-state index in [-0.39, 0.29) is 0 Å². The van der Waals surface area contributed by atoms with Gasteiger partial charge in [-0.2, -0.15) is 0 Å². The second kappa shape index (κ2) is 4.29. The van der Waals surface area contributed by atoms with Gasteiger partial charge >= 0.3 is 0 Å². The predicted molar refractivity (Wildman–Crippen MR) is 75.1 cm³/mol. The van der Waals surface area contributed by atoms with Crippen LogP contribution >= 0.6 is 0 Å². The maximum absolute atomic E-state index is 4.69. The molecule has 1 aliphatic heterocycles. The van der Waals surface area contributed by atoms with E-state index in [1.165, 1.54) is 17.0 Å². The largest absolute Gasteiger partial charge is 0.257 e. The quantitative estimate of drug-likeness (QED) is 0.659. The van der Waals surface area contributed by atoms with E-state index in [0.717, 1.165) is 6.42 Å². The molecule has 1 heterocycles. The summed E-state index contributed by atoms with van der Waals surface area (Å²) >= 11 is 0. The van der Waals surface area contributed by atoms with Crippen LogP contribution in [0.15, 0.2) is 40.6 Å². The van der Waals surface area contributed by atoms with E-state index in [1.807, 2.05) is 0 Å². The van der Waals surface area contributed by atoms with Crippen molar-refractivity contribution in [3.8, 4) is 0 Å². The topological polar surface area (TPSA) is 12.4 Å². The number of hydrogen-bond acceptors (Lipinski definition) is 1. The first-order valence-corrected chi connectivity index (χ1v) is 6.54. The number of fused-ring (bicyclic) bond motifs is 1. The summed E-state index contributed by atoms with van der Waals surface area (Å²) in [5.74, 6) is 0.954. The number of rotatable bonds is 2. The second-order valence-corrected chi connectivity index (χ2v) is 6.62. The van der Waals surface area contributed by atoms with Crippen LogP contribution in [0.5, 0.6) is 0 Å². The third-order valence-corrected chi connectivity index (χ3v) is 3.14. The van der Waals surface area contributed by atoms with Gasteiger partial charge in [0, 0.05) is 11.6 Å². The van der Waals surface area contributed by atoms with Gasteiger partial charge in [0.2, 0.25) is 0 Å². The van der Waals surface area contributed by atoms with Crippen LogP contribution in [0.1, 0.15) is 41.0 Å². The van der Waals surface area contributed by atoms with E-state index in [2.05, 4.69) is 63.9 Å². The van der Waals surface area contributed by atoms with Gasteiger partial charge in [0.25, 0.3) is 0 Å². The van der Waals surface area contributed by atoms with Gasteiger partial charge in [-0.05, 0) is 29.9 Å². The zero-order chi connectivity index (χ0) is 12.6. The van der Waals surface area contributed by atoms with Crippen molar-refractivity contribution in [3.63, 3.8) is 0 Å². The molecule has 0 bridgehead atoms. The Morgan fingerprint density at radius 2 is 1.88 bits per heavy atom. The molecule has 0 aromatic carbocycles. The van der Waals surface area contributed by atoms with Gasteiger partial charge in [0.1, 0.15) is 0 Å². The highest BCUT2D eigenvalue weighted by Crippen LogP contribution is 2.32. The number of nitrogens with zero attached hydrogens (tertiary/aromatic N) is 1. The van der Waals surface area contributed by atoms with Crippen molar-refractivity contribution in [3.05, 3.63) is 35.6 Å². The molecule has 0 saturated heterocycles. The van der Waals surface area contributed by atoms with Gasteiger partial charge < -0.3 is 0 Å². The van der Waals surface area contributed by atoms with Gasteiger partial charge in [-0.25, -0.2) is 0 Å². The van der Waals surface area contributed by atoms with Crippen LogP contribution in [0.2, 0.25) is 0 Å². The molecule has 0 spiro atoms. The molecule has 2 aliphatic rings. The van der Waals surface area contributed by atoms with E-state index in [9.17, 15) is 0 Å². The van der Waals surface area contributed by atoms with Crippen LogP contribution in [0.3, 0.4) is 0 Å². The fourth-order valence-electron chi connectivity index (χ4n) is 2.34. The van der Waals surface area contributed by atoms with Gasteiger partial charge in [0.05, 0.1) is 5.71 Å². The summed E-state index contributed by atoms with van der Waals surface area (Å²) in [4.78, 5) is 4.69. The molecule has 17 heavy (non-hydrogen) atoms. The zero-order valence-electron chi connectivity index (χ0n) is 11.6. The molecule has 0 amide bonds. The number of hydrogen-bond donors (Lipinski definition) is 0. The van der Waals surface area contributed by atoms with Crippen molar-refractivity contribution in [1.82, 2.24) is 0 Å². The Morgan fingerprint density at radius 3 is 2.47 bits per heavy atom. The van der Waals surface area contributed by atoms with E-state index >= 15 is 0 Å². The molecule has 1 atom stereocenters. The van der Waals surface area contributed by atoms with Crippen molar-refractivity contribution in [2.75, 3.05) is 0 Å². The summed E-state index contributed by atoms with van der Waals surface area (Å²) in [6.07, 6.45) is 10.2. The molecule has 0 fully saturated rings. The molecular weight excluding hydrogens is 206 g/mol. The fraction of sp³-hybridized carbons (Fsp3) is 0.562. The molecule has 1 heteroatoms. The Kier molecular flexibility index (Phi) is 3.11. The van der Waals surface area contributed by atoms with E-state index < -0.39 is 0 Å². The third-order valence-electron chi connectivity index (χ3n) is 3.14. The Labute approximate surface area is 105 Å². The third kappa shape index (κ3) is 2.96. The number of aliphatic imine (C=N–C) groups is 1. The second-order valence-electron chi connectivity index (χ2n) is 6.62. The molecule has 0 N–H and O–H groups in total. The Morgan fingerprint density at radius 1 is 1.18 bits per heavy atom. The lowest BCUT2D eigenvalue weighted by Gasteiger charge is -2.21. The van der Waals surface area contributed by atoms with Crippen molar-refractivity contribution in [2.45, 2.75) is 41.0 Å². The van der Waals surface area contributed by atoms with Crippen LogP contribution < -0.4 is 0 Å². The van der Waals surface area contributed by atoms with Crippen molar-refractivity contribution in [2.24, 2.45) is 22.2 Å². The first-order chi connectivity index (χ1) is 7.85. The highest BCUT2D eigenvalue weighted by Gasteiger charge is 2.23. The van der Waals surface area contributed by atoms with E-state index in [0.29, 0.717) is 17.3 Å². The maximum atomic E-state index is 4.69. The minimum absolute atomic E-state index is 0.355. The SMILES string of the molecule is CC(C)C1=CC2C=C(CC(C)(C)C)C=CC2=N1. The van der Waals surface area contributed by atoms with Gasteiger partial charge in [-0.15, -0.1) is 0 Å². The number of allylic oxidation sites excluding steroid dienone is 6. The molecule has 0 aromatic heterocycles. The molecular formula is C16H23N. The molecule has 0 radical (unpaired) electrons. The van der Waals surface area contributed by atoms with Gasteiger partial charge in [-0.1, -0.05) is 52.3 Å². The van der Waals surface area contributed by atoms with E-state index in [4.69, 9.17) is 0 Å². The molecule has 2 rings (SSSR count). The standard InChI is InChI=1S/C16H23N/c1-11(2)15-9-13-8-12(10-16(3,4)5)6-7-14(13)17-15/h6-9,11,13H,10H2,1-5H3. The molecule has 0 saturated carbocycles. The predicted octanol–water partition coefficient (Wildman–Crippen LogP) is 4.53. The lowest BCUT2D eigenvalue weighted by molar-refractivity contribution is 0.412. The van der Waals surface area contributed by atoms with Crippen LogP contribution in [-0.4, -0.2) is 5.71 Å². The first-order valence-electron chi connectivity index (χ1n) is 6.54. The van der Waals surface area contributed by atoms with Gasteiger partial charge in [-0.3, -0.25) is 4.99 Å². The van der Waals surface area contributed by atoms with Crippen LogP contribution in [0.25, 0.3) is 0 Å². The van der Waals surface area contributed by atoms with Crippen LogP contribution in [0, 0.1) is 17.3 Å². The lowest BCUT2D eigenvalue weighted by Crippen LogP contribution is -2.12. The van der Waals surface area contributed by atoms with Crippen molar-refractivity contribution in [1.29, 1.82) is 0 Å². The summed E-state index contributed by atoms with van der Waals surface area (Å²) in [6.45, 7) is 11.3. The van der Waals surface area contributed by atoms with Crippen LogP contribution in [0.4, 0.5) is 0 Å². The minimum atomic E-state index is 0.355. The maximum Gasteiger partial charge on any atom is 0.0514 e. The smallest absolute Gasteiger partial charge is 0.0514 e. The van der Waals surface area contributed by atoms with E-state index in [1.54, 1.807) is 0 Å². The highest BCUT2D eigenvalue weighted by atomic mass is 14.8. The zero-order valence-corrected chi connectivity index (χ0v) is 11.6. The summed E-state index contributed by atoms with van der Waals surface area (Å²) in [5, 5.41) is 0. The summed E-state index contributed by atoms with van der Waals surface area (Å²) < 4.78 is 0. The molecule has 1 aliphatic carbocycles. The average Bonchev–Trinajstić information content (AvgIpc) is 2.57. The molecule has 92 valence electrons.